The number of para-hydroxylation sites is 1. The van der Waals surface area contributed by atoms with Crippen LogP contribution >= 0.6 is 15.9 Å². The van der Waals surface area contributed by atoms with Crippen LogP contribution in [0.2, 0.25) is 0 Å². The van der Waals surface area contributed by atoms with Gasteiger partial charge >= 0.3 is 0 Å². The van der Waals surface area contributed by atoms with Crippen molar-refractivity contribution >= 4 is 26.8 Å². The van der Waals surface area contributed by atoms with Crippen LogP contribution in [0.15, 0.2) is 34.8 Å². The molecule has 0 amide bonds. The van der Waals surface area contributed by atoms with Crippen molar-refractivity contribution in [3.05, 3.63) is 40.5 Å². The molecule has 102 valence electrons. The van der Waals surface area contributed by atoms with Crippen molar-refractivity contribution in [1.82, 2.24) is 10.3 Å². The van der Waals surface area contributed by atoms with Crippen molar-refractivity contribution in [1.29, 1.82) is 0 Å². The van der Waals surface area contributed by atoms with Crippen LogP contribution in [0, 0.1) is 0 Å². The minimum Gasteiger partial charge on any atom is -0.385 e. The van der Waals surface area contributed by atoms with Gasteiger partial charge in [0, 0.05) is 23.6 Å². The molecule has 0 aliphatic heterocycles. The SMILES string of the molecule is CNC(CCCOC)c1nc2ccccc2cc1Br. The van der Waals surface area contributed by atoms with Gasteiger partial charge in [-0.05, 0) is 48.0 Å². The van der Waals surface area contributed by atoms with E-state index in [9.17, 15) is 0 Å². The molecule has 4 heteroatoms. The van der Waals surface area contributed by atoms with Gasteiger partial charge in [-0.1, -0.05) is 18.2 Å². The van der Waals surface area contributed by atoms with Gasteiger partial charge in [0.25, 0.3) is 0 Å². The van der Waals surface area contributed by atoms with Crippen LogP contribution in [-0.4, -0.2) is 25.7 Å². The highest BCUT2D eigenvalue weighted by atomic mass is 79.9. The number of aromatic nitrogens is 1. The number of pyridine rings is 1. The zero-order chi connectivity index (χ0) is 13.7. The van der Waals surface area contributed by atoms with Crippen molar-refractivity contribution < 1.29 is 4.74 Å². The Labute approximate surface area is 122 Å². The normalized spacial score (nSPS) is 12.8. The number of fused-ring (bicyclic) bond motifs is 1. The number of nitrogens with one attached hydrogen (secondary N) is 1. The van der Waals surface area contributed by atoms with E-state index < -0.39 is 0 Å². The Morgan fingerprint density at radius 2 is 2.16 bits per heavy atom. The van der Waals surface area contributed by atoms with Gasteiger partial charge < -0.3 is 10.1 Å². The maximum atomic E-state index is 5.11. The monoisotopic (exact) mass is 322 g/mol. The molecule has 19 heavy (non-hydrogen) atoms. The predicted molar refractivity (Wildman–Crippen MR) is 82.4 cm³/mol. The summed E-state index contributed by atoms with van der Waals surface area (Å²) < 4.78 is 6.17. The predicted octanol–water partition coefficient (Wildman–Crippen LogP) is 3.68. The summed E-state index contributed by atoms with van der Waals surface area (Å²) in [5, 5.41) is 4.49. The van der Waals surface area contributed by atoms with Crippen molar-refractivity contribution in [2.45, 2.75) is 18.9 Å². The standard InChI is InChI=1S/C15H19BrN2O/c1-17-14(8-5-9-19-2)15-12(16)10-11-6-3-4-7-13(11)18-15/h3-4,6-7,10,14,17H,5,8-9H2,1-2H3. The van der Waals surface area contributed by atoms with Gasteiger partial charge in [0.2, 0.25) is 0 Å². The number of halogens is 1. The van der Waals surface area contributed by atoms with Crippen LogP contribution < -0.4 is 5.32 Å². The number of hydrogen-bond donors (Lipinski definition) is 1. The van der Waals surface area contributed by atoms with E-state index in [2.05, 4.69) is 33.4 Å². The molecule has 0 aliphatic rings. The summed E-state index contributed by atoms with van der Waals surface area (Å²) in [7, 11) is 3.71. The van der Waals surface area contributed by atoms with E-state index in [0.717, 1.165) is 40.5 Å². The van der Waals surface area contributed by atoms with Gasteiger partial charge in [-0.2, -0.15) is 0 Å². The highest BCUT2D eigenvalue weighted by Gasteiger charge is 2.15. The zero-order valence-electron chi connectivity index (χ0n) is 11.3. The fraction of sp³-hybridized carbons (Fsp3) is 0.400. The molecule has 1 aromatic heterocycles. The minimum absolute atomic E-state index is 0.245. The van der Waals surface area contributed by atoms with Crippen molar-refractivity contribution in [2.75, 3.05) is 20.8 Å². The van der Waals surface area contributed by atoms with E-state index in [0.29, 0.717) is 0 Å². The van der Waals surface area contributed by atoms with E-state index >= 15 is 0 Å². The van der Waals surface area contributed by atoms with E-state index in [4.69, 9.17) is 9.72 Å². The van der Waals surface area contributed by atoms with Crippen molar-refractivity contribution in [3.8, 4) is 0 Å². The second-order valence-corrected chi connectivity index (χ2v) is 5.38. The molecule has 1 aromatic carbocycles. The number of nitrogens with zero attached hydrogens (tertiary/aromatic N) is 1. The van der Waals surface area contributed by atoms with Crippen molar-refractivity contribution in [3.63, 3.8) is 0 Å². The molecular weight excluding hydrogens is 304 g/mol. The molecule has 2 aromatic rings. The van der Waals surface area contributed by atoms with Gasteiger partial charge in [0.15, 0.2) is 0 Å². The average Bonchev–Trinajstić information content (AvgIpc) is 2.43. The Kier molecular flexibility index (Phi) is 5.31. The van der Waals surface area contributed by atoms with Crippen LogP contribution in [-0.2, 0) is 4.74 Å². The fourth-order valence-corrected chi connectivity index (χ4v) is 2.81. The van der Waals surface area contributed by atoms with Crippen LogP contribution in [0.1, 0.15) is 24.6 Å². The van der Waals surface area contributed by atoms with Crippen LogP contribution in [0.4, 0.5) is 0 Å². The second-order valence-electron chi connectivity index (χ2n) is 4.52. The molecule has 0 fully saturated rings. The Bertz CT molecular complexity index is 545. The largest absolute Gasteiger partial charge is 0.385 e. The summed E-state index contributed by atoms with van der Waals surface area (Å²) >= 11 is 3.63. The van der Waals surface area contributed by atoms with Crippen LogP contribution in [0.5, 0.6) is 0 Å². The summed E-state index contributed by atoms with van der Waals surface area (Å²) in [5.74, 6) is 0. The first-order valence-electron chi connectivity index (χ1n) is 6.47. The Morgan fingerprint density at radius 1 is 1.37 bits per heavy atom. The van der Waals surface area contributed by atoms with E-state index in [1.807, 2.05) is 25.2 Å². The lowest BCUT2D eigenvalue weighted by molar-refractivity contribution is 0.189. The number of rotatable bonds is 6. The van der Waals surface area contributed by atoms with Crippen molar-refractivity contribution in [2.24, 2.45) is 0 Å². The van der Waals surface area contributed by atoms with Gasteiger partial charge in [-0.15, -0.1) is 0 Å². The van der Waals surface area contributed by atoms with Gasteiger partial charge in [0.05, 0.1) is 17.3 Å². The molecule has 1 unspecified atom stereocenters. The summed E-state index contributed by atoms with van der Waals surface area (Å²) in [6.07, 6.45) is 2.03. The quantitative estimate of drug-likeness (QED) is 0.824. The highest BCUT2D eigenvalue weighted by molar-refractivity contribution is 9.10. The van der Waals surface area contributed by atoms with E-state index in [1.165, 1.54) is 0 Å². The maximum Gasteiger partial charge on any atom is 0.0722 e. The van der Waals surface area contributed by atoms with E-state index in [-0.39, 0.29) is 6.04 Å². The molecule has 0 bridgehead atoms. The lowest BCUT2D eigenvalue weighted by atomic mass is 10.1. The Balaban J connectivity index is 2.28. The first-order valence-corrected chi connectivity index (χ1v) is 7.27. The van der Waals surface area contributed by atoms with Crippen LogP contribution in [0.25, 0.3) is 10.9 Å². The molecule has 0 saturated heterocycles. The van der Waals surface area contributed by atoms with Gasteiger partial charge in [-0.25, -0.2) is 4.98 Å². The first-order chi connectivity index (χ1) is 9.26. The third-order valence-electron chi connectivity index (χ3n) is 3.22. The Hall–Kier alpha value is -0.970. The smallest absolute Gasteiger partial charge is 0.0722 e. The number of ether oxygens (including phenoxy) is 1. The maximum absolute atomic E-state index is 5.11. The highest BCUT2D eigenvalue weighted by Crippen LogP contribution is 2.28. The molecule has 1 atom stereocenters. The molecule has 2 rings (SSSR count). The third kappa shape index (κ3) is 3.53. The second kappa shape index (κ2) is 6.98. The fourth-order valence-electron chi connectivity index (χ4n) is 2.20. The lowest BCUT2D eigenvalue weighted by Crippen LogP contribution is -2.18. The minimum atomic E-state index is 0.245. The number of benzene rings is 1. The molecule has 0 aliphatic carbocycles. The summed E-state index contributed by atoms with van der Waals surface area (Å²) in [6, 6.07) is 10.6. The summed E-state index contributed by atoms with van der Waals surface area (Å²) in [5.41, 5.74) is 2.10. The average molecular weight is 323 g/mol. The number of hydrogen-bond acceptors (Lipinski definition) is 3. The molecule has 1 heterocycles. The topological polar surface area (TPSA) is 34.1 Å². The molecule has 0 radical (unpaired) electrons. The molecular formula is C15H19BrN2O. The molecule has 1 N–H and O–H groups in total. The molecule has 0 spiro atoms. The lowest BCUT2D eigenvalue weighted by Gasteiger charge is -2.17. The van der Waals surface area contributed by atoms with Gasteiger partial charge in [0.1, 0.15) is 0 Å². The van der Waals surface area contributed by atoms with Gasteiger partial charge in [-0.3, -0.25) is 0 Å². The zero-order valence-corrected chi connectivity index (χ0v) is 12.9. The number of methoxy groups -OCH3 is 1. The van der Waals surface area contributed by atoms with Crippen LogP contribution in [0.3, 0.4) is 0 Å². The Morgan fingerprint density at radius 3 is 2.89 bits per heavy atom. The first kappa shape index (κ1) is 14.4. The van der Waals surface area contributed by atoms with E-state index in [1.54, 1.807) is 7.11 Å². The third-order valence-corrected chi connectivity index (χ3v) is 3.86. The molecule has 3 nitrogen and oxygen atoms in total. The summed E-state index contributed by atoms with van der Waals surface area (Å²) in [6.45, 7) is 0.781. The summed E-state index contributed by atoms with van der Waals surface area (Å²) in [4.78, 5) is 4.77. The molecule has 0 saturated carbocycles.